The lowest BCUT2D eigenvalue weighted by Crippen LogP contribution is -2.44. The molecule has 100 valence electrons. The highest BCUT2D eigenvalue weighted by Crippen LogP contribution is 1.98. The van der Waals surface area contributed by atoms with Crippen molar-refractivity contribution in [3.8, 4) is 0 Å². The van der Waals surface area contributed by atoms with Crippen molar-refractivity contribution in [2.45, 2.75) is 45.6 Å². The van der Waals surface area contributed by atoms with Gasteiger partial charge in [0.1, 0.15) is 0 Å². The molecule has 0 saturated carbocycles. The Morgan fingerprint density at radius 2 is 2.12 bits per heavy atom. The van der Waals surface area contributed by atoms with Crippen LogP contribution in [0.15, 0.2) is 0 Å². The number of nitrogens with zero attached hydrogens (tertiary/aromatic N) is 1. The molecule has 0 aliphatic heterocycles. The van der Waals surface area contributed by atoms with Gasteiger partial charge < -0.3 is 11.1 Å². The van der Waals surface area contributed by atoms with Crippen molar-refractivity contribution >= 4 is 23.1 Å². The van der Waals surface area contributed by atoms with Crippen molar-refractivity contribution in [2.24, 2.45) is 5.73 Å². The summed E-state index contributed by atoms with van der Waals surface area (Å²) in [6.07, 6.45) is 4.02. The van der Waals surface area contributed by atoms with Crippen LogP contribution in [0.5, 0.6) is 0 Å². The molecule has 0 aromatic rings. The van der Waals surface area contributed by atoms with Crippen LogP contribution in [0.2, 0.25) is 0 Å². The fourth-order valence-corrected chi connectivity index (χ4v) is 1.51. The van der Waals surface area contributed by atoms with Crippen molar-refractivity contribution < 1.29 is 4.79 Å². The van der Waals surface area contributed by atoms with Gasteiger partial charge in [0.25, 0.3) is 0 Å². The van der Waals surface area contributed by atoms with E-state index in [-0.39, 0.29) is 11.9 Å². The summed E-state index contributed by atoms with van der Waals surface area (Å²) in [6, 6.07) is -0.133. The Hall–Kier alpha value is -0.680. The van der Waals surface area contributed by atoms with E-state index in [1.807, 2.05) is 18.9 Å². The first-order valence-corrected chi connectivity index (χ1v) is 6.66. The van der Waals surface area contributed by atoms with Gasteiger partial charge >= 0.3 is 0 Å². The standard InChI is InChI=1S/C12H25N3OS/c1-4-5-6-8-14-12(16)10(2)15(3)9-7-11(13)17/h10H,4-9H2,1-3H3,(H2,13,17)(H,14,16). The number of carbonyl (C=O) groups excluding carboxylic acids is 1. The molecule has 3 N–H and O–H groups in total. The summed E-state index contributed by atoms with van der Waals surface area (Å²) >= 11 is 4.82. The van der Waals surface area contributed by atoms with Crippen molar-refractivity contribution in [1.29, 1.82) is 0 Å². The van der Waals surface area contributed by atoms with E-state index in [0.717, 1.165) is 25.9 Å². The SMILES string of the molecule is CCCCCNC(=O)C(C)N(C)CCC(N)=S. The average molecular weight is 259 g/mol. The number of hydrogen-bond donors (Lipinski definition) is 2. The summed E-state index contributed by atoms with van der Waals surface area (Å²) < 4.78 is 0. The summed E-state index contributed by atoms with van der Waals surface area (Å²) in [5.74, 6) is 0.0755. The molecule has 0 aromatic heterocycles. The second-order valence-electron chi connectivity index (χ2n) is 4.37. The third kappa shape index (κ3) is 8.10. The minimum atomic E-state index is -0.133. The lowest BCUT2D eigenvalue weighted by molar-refractivity contribution is -0.125. The first-order chi connectivity index (χ1) is 7.99. The van der Waals surface area contributed by atoms with E-state index in [2.05, 4.69) is 12.2 Å². The van der Waals surface area contributed by atoms with Gasteiger partial charge in [-0.25, -0.2) is 0 Å². The molecule has 1 unspecified atom stereocenters. The number of likely N-dealkylation sites (N-methyl/N-ethyl adjacent to an activating group) is 1. The van der Waals surface area contributed by atoms with Crippen LogP contribution >= 0.6 is 12.2 Å². The number of nitrogens with two attached hydrogens (primary N) is 1. The number of nitrogens with one attached hydrogen (secondary N) is 1. The van der Waals surface area contributed by atoms with Crippen LogP contribution in [-0.4, -0.2) is 42.0 Å². The van der Waals surface area contributed by atoms with Gasteiger partial charge in [0, 0.05) is 19.5 Å². The zero-order chi connectivity index (χ0) is 13.3. The highest BCUT2D eigenvalue weighted by Gasteiger charge is 2.16. The van der Waals surface area contributed by atoms with E-state index < -0.39 is 0 Å². The van der Waals surface area contributed by atoms with Gasteiger partial charge in [-0.1, -0.05) is 32.0 Å². The maximum Gasteiger partial charge on any atom is 0.237 e. The normalized spacial score (nSPS) is 12.5. The Morgan fingerprint density at radius 3 is 2.65 bits per heavy atom. The fourth-order valence-electron chi connectivity index (χ4n) is 1.41. The molecule has 0 radical (unpaired) electrons. The molecule has 0 aliphatic rings. The molecule has 0 spiro atoms. The van der Waals surface area contributed by atoms with Crippen LogP contribution in [0.4, 0.5) is 0 Å². The number of hydrogen-bond acceptors (Lipinski definition) is 3. The molecule has 0 aromatic carbocycles. The summed E-state index contributed by atoms with van der Waals surface area (Å²) in [6.45, 7) is 5.53. The van der Waals surface area contributed by atoms with Crippen LogP contribution in [0.25, 0.3) is 0 Å². The minimum absolute atomic E-state index is 0.0755. The molecule has 0 saturated heterocycles. The highest BCUT2D eigenvalue weighted by atomic mass is 32.1. The van der Waals surface area contributed by atoms with Crippen LogP contribution in [-0.2, 0) is 4.79 Å². The van der Waals surface area contributed by atoms with Gasteiger partial charge in [0.2, 0.25) is 5.91 Å². The first-order valence-electron chi connectivity index (χ1n) is 6.25. The lowest BCUT2D eigenvalue weighted by atomic mass is 10.2. The molecule has 0 aliphatic carbocycles. The second kappa shape index (κ2) is 9.36. The monoisotopic (exact) mass is 259 g/mol. The predicted octanol–water partition coefficient (Wildman–Crippen LogP) is 1.29. The molecule has 4 nitrogen and oxygen atoms in total. The van der Waals surface area contributed by atoms with E-state index in [9.17, 15) is 4.79 Å². The quantitative estimate of drug-likeness (QED) is 0.484. The fraction of sp³-hybridized carbons (Fsp3) is 0.833. The highest BCUT2D eigenvalue weighted by molar-refractivity contribution is 7.80. The zero-order valence-corrected chi connectivity index (χ0v) is 12.0. The van der Waals surface area contributed by atoms with Gasteiger partial charge in [0.05, 0.1) is 11.0 Å². The Labute approximate surface area is 110 Å². The van der Waals surface area contributed by atoms with Crippen LogP contribution in [0.3, 0.4) is 0 Å². The van der Waals surface area contributed by atoms with Crippen LogP contribution < -0.4 is 11.1 Å². The van der Waals surface area contributed by atoms with Crippen molar-refractivity contribution in [3.05, 3.63) is 0 Å². The molecule has 1 amide bonds. The number of rotatable bonds is 9. The van der Waals surface area contributed by atoms with E-state index in [4.69, 9.17) is 18.0 Å². The summed E-state index contributed by atoms with van der Waals surface area (Å²) in [5.41, 5.74) is 5.43. The van der Waals surface area contributed by atoms with Crippen molar-refractivity contribution in [1.82, 2.24) is 10.2 Å². The second-order valence-corrected chi connectivity index (χ2v) is 4.90. The number of carbonyl (C=O) groups is 1. The van der Waals surface area contributed by atoms with Gasteiger partial charge in [-0.2, -0.15) is 0 Å². The van der Waals surface area contributed by atoms with Gasteiger partial charge in [0.15, 0.2) is 0 Å². The summed E-state index contributed by atoms with van der Waals surface area (Å²) in [7, 11) is 1.91. The van der Waals surface area contributed by atoms with E-state index >= 15 is 0 Å². The zero-order valence-electron chi connectivity index (χ0n) is 11.2. The van der Waals surface area contributed by atoms with Gasteiger partial charge in [-0.3, -0.25) is 9.69 Å². The summed E-state index contributed by atoms with van der Waals surface area (Å²) in [4.78, 5) is 14.2. The Kier molecular flexibility index (Phi) is 8.99. The maximum atomic E-state index is 11.8. The topological polar surface area (TPSA) is 58.4 Å². The number of thiocarbonyl (C=S) groups is 1. The lowest BCUT2D eigenvalue weighted by Gasteiger charge is -2.23. The molecule has 1 atom stereocenters. The number of unbranched alkanes of at least 4 members (excludes halogenated alkanes) is 2. The van der Waals surface area contributed by atoms with E-state index in [0.29, 0.717) is 11.4 Å². The molecule has 5 heteroatoms. The van der Waals surface area contributed by atoms with Crippen LogP contribution in [0, 0.1) is 0 Å². The predicted molar refractivity (Wildman–Crippen MR) is 76.0 cm³/mol. The van der Waals surface area contributed by atoms with Crippen molar-refractivity contribution in [2.75, 3.05) is 20.1 Å². The van der Waals surface area contributed by atoms with Gasteiger partial charge in [-0.15, -0.1) is 0 Å². The Morgan fingerprint density at radius 1 is 1.47 bits per heavy atom. The van der Waals surface area contributed by atoms with Crippen molar-refractivity contribution in [3.63, 3.8) is 0 Å². The molecule has 0 heterocycles. The molecule has 0 fully saturated rings. The molecule has 17 heavy (non-hydrogen) atoms. The summed E-state index contributed by atoms with van der Waals surface area (Å²) in [5, 5.41) is 2.94. The molecular weight excluding hydrogens is 234 g/mol. The first kappa shape index (κ1) is 16.3. The minimum Gasteiger partial charge on any atom is -0.393 e. The van der Waals surface area contributed by atoms with Gasteiger partial charge in [-0.05, 0) is 20.4 Å². The van der Waals surface area contributed by atoms with E-state index in [1.54, 1.807) is 0 Å². The Balaban J connectivity index is 3.82. The van der Waals surface area contributed by atoms with E-state index in [1.165, 1.54) is 6.42 Å². The molecule has 0 rings (SSSR count). The average Bonchev–Trinajstić information content (AvgIpc) is 2.30. The maximum absolute atomic E-state index is 11.8. The number of amides is 1. The Bertz CT molecular complexity index is 246. The third-order valence-corrected chi connectivity index (χ3v) is 3.04. The smallest absolute Gasteiger partial charge is 0.237 e. The van der Waals surface area contributed by atoms with Crippen LogP contribution in [0.1, 0.15) is 39.5 Å². The molecule has 0 bridgehead atoms. The largest absolute Gasteiger partial charge is 0.393 e. The molecular formula is C12H25N3OS. The third-order valence-electron chi connectivity index (χ3n) is 2.83.